The van der Waals surface area contributed by atoms with Crippen molar-refractivity contribution in [1.29, 1.82) is 0 Å². The number of amides is 1. The van der Waals surface area contributed by atoms with Crippen LogP contribution in [0.2, 0.25) is 5.02 Å². The molecule has 0 radical (unpaired) electrons. The van der Waals surface area contributed by atoms with E-state index in [-0.39, 0.29) is 23.5 Å². The minimum Gasteiger partial charge on any atom is -0.325 e. The summed E-state index contributed by atoms with van der Waals surface area (Å²) in [7, 11) is 0. The fraction of sp³-hybridized carbons (Fsp3) is 0.273. The number of allylic oxidation sites excluding steroid dienone is 1. The molecule has 1 N–H and O–H groups in total. The molecule has 5 heteroatoms. The van der Waals surface area contributed by atoms with Gasteiger partial charge in [0.15, 0.2) is 0 Å². The highest BCUT2D eigenvalue weighted by Gasteiger charge is 2.57. The molecule has 1 saturated carbocycles. The highest BCUT2D eigenvalue weighted by atomic mass is 79.9. The van der Waals surface area contributed by atoms with Gasteiger partial charge in [-0.05, 0) is 48.7 Å². The van der Waals surface area contributed by atoms with Gasteiger partial charge in [-0.3, -0.25) is 9.59 Å². The number of halogens is 2. The monoisotopic (exact) mass is 443 g/mol. The second-order valence-electron chi connectivity index (χ2n) is 7.50. The molecule has 1 heterocycles. The lowest BCUT2D eigenvalue weighted by Gasteiger charge is -2.43. The molecule has 2 aromatic carbocycles. The number of ketones is 1. The third-order valence-corrected chi connectivity index (χ3v) is 6.60. The molecule has 1 amide bonds. The molecule has 1 unspecified atom stereocenters. The van der Waals surface area contributed by atoms with Crippen molar-refractivity contribution in [3.05, 3.63) is 75.2 Å². The zero-order valence-corrected chi connectivity index (χ0v) is 17.2. The number of hydrogen-bond acceptors (Lipinski definition) is 2. The molecule has 1 aliphatic carbocycles. The molecule has 138 valence electrons. The predicted octanol–water partition coefficient (Wildman–Crippen LogP) is 5.63. The number of anilines is 1. The largest absolute Gasteiger partial charge is 0.325 e. The number of rotatable bonds is 2. The summed E-state index contributed by atoms with van der Waals surface area (Å²) in [5, 5.41) is 3.65. The predicted molar refractivity (Wildman–Crippen MR) is 111 cm³/mol. The van der Waals surface area contributed by atoms with Crippen LogP contribution in [0.1, 0.15) is 36.8 Å². The van der Waals surface area contributed by atoms with Gasteiger partial charge < -0.3 is 5.32 Å². The van der Waals surface area contributed by atoms with Crippen LogP contribution < -0.4 is 5.32 Å². The number of hydrogen-bond donors (Lipinski definition) is 1. The van der Waals surface area contributed by atoms with Gasteiger partial charge >= 0.3 is 0 Å². The van der Waals surface area contributed by atoms with Crippen LogP contribution in [0.15, 0.2) is 59.1 Å². The van der Waals surface area contributed by atoms with E-state index in [2.05, 4.69) is 27.8 Å². The van der Waals surface area contributed by atoms with E-state index in [4.69, 9.17) is 11.6 Å². The Labute approximate surface area is 171 Å². The van der Waals surface area contributed by atoms with Crippen molar-refractivity contribution in [2.45, 2.75) is 31.1 Å². The number of carbonyl (C=O) groups is 2. The number of fused-ring (bicyclic) bond motifs is 2. The van der Waals surface area contributed by atoms with Crippen LogP contribution >= 0.6 is 27.5 Å². The Morgan fingerprint density at radius 1 is 1.26 bits per heavy atom. The summed E-state index contributed by atoms with van der Waals surface area (Å²) in [6.07, 6.45) is 0.722. The molecule has 1 spiro atoms. The maximum atomic E-state index is 13.4. The SMILES string of the molecule is C=C(C)C1C[C@]2(C(=O)Nc3cc(Br)ccc32)[C@H](c2cccc(Cl)c2)CC1=O. The van der Waals surface area contributed by atoms with E-state index in [1.807, 2.05) is 43.3 Å². The Balaban J connectivity index is 1.94. The van der Waals surface area contributed by atoms with Crippen molar-refractivity contribution >= 4 is 44.9 Å². The third-order valence-electron chi connectivity index (χ3n) is 5.88. The van der Waals surface area contributed by atoms with Crippen molar-refractivity contribution < 1.29 is 9.59 Å². The van der Waals surface area contributed by atoms with Crippen molar-refractivity contribution in [2.24, 2.45) is 5.92 Å². The van der Waals surface area contributed by atoms with E-state index in [0.717, 1.165) is 26.9 Å². The lowest BCUT2D eigenvalue weighted by molar-refractivity contribution is -0.130. The Morgan fingerprint density at radius 3 is 2.74 bits per heavy atom. The van der Waals surface area contributed by atoms with Crippen LogP contribution in [0, 0.1) is 5.92 Å². The highest BCUT2D eigenvalue weighted by molar-refractivity contribution is 9.10. The van der Waals surface area contributed by atoms with Gasteiger partial charge in [0.25, 0.3) is 0 Å². The van der Waals surface area contributed by atoms with Gasteiger partial charge in [0.2, 0.25) is 5.91 Å². The van der Waals surface area contributed by atoms with E-state index >= 15 is 0 Å². The van der Waals surface area contributed by atoms with Gasteiger partial charge in [0, 0.05) is 33.4 Å². The fourth-order valence-corrected chi connectivity index (χ4v) is 5.14. The molecule has 1 aliphatic heterocycles. The highest BCUT2D eigenvalue weighted by Crippen LogP contribution is 2.56. The second kappa shape index (κ2) is 6.61. The first-order valence-corrected chi connectivity index (χ1v) is 10.0. The van der Waals surface area contributed by atoms with E-state index in [9.17, 15) is 9.59 Å². The van der Waals surface area contributed by atoms with Gasteiger partial charge in [-0.25, -0.2) is 0 Å². The molecule has 0 bridgehead atoms. The van der Waals surface area contributed by atoms with Crippen molar-refractivity contribution in [3.8, 4) is 0 Å². The molecule has 4 rings (SSSR count). The first kappa shape index (κ1) is 18.5. The Bertz CT molecular complexity index is 986. The molecule has 0 saturated heterocycles. The van der Waals surface area contributed by atoms with Crippen LogP contribution in [0.5, 0.6) is 0 Å². The Hall–Kier alpha value is -1.91. The third kappa shape index (κ3) is 2.86. The molecule has 27 heavy (non-hydrogen) atoms. The van der Waals surface area contributed by atoms with Gasteiger partial charge in [0.1, 0.15) is 5.78 Å². The summed E-state index contributed by atoms with van der Waals surface area (Å²) in [6.45, 7) is 5.88. The van der Waals surface area contributed by atoms with Gasteiger partial charge in [-0.15, -0.1) is 0 Å². The summed E-state index contributed by atoms with van der Waals surface area (Å²) in [6, 6.07) is 13.4. The van der Waals surface area contributed by atoms with Crippen molar-refractivity contribution in [3.63, 3.8) is 0 Å². The first-order valence-electron chi connectivity index (χ1n) is 8.88. The summed E-state index contributed by atoms with van der Waals surface area (Å²) in [5.41, 5.74) is 2.66. The molecule has 2 aliphatic rings. The maximum absolute atomic E-state index is 13.4. The van der Waals surface area contributed by atoms with E-state index < -0.39 is 5.41 Å². The van der Waals surface area contributed by atoms with Gasteiger partial charge in [-0.1, -0.05) is 57.9 Å². The average Bonchev–Trinajstić information content (AvgIpc) is 2.87. The van der Waals surface area contributed by atoms with Crippen LogP contribution in [0.25, 0.3) is 0 Å². The maximum Gasteiger partial charge on any atom is 0.235 e. The zero-order chi connectivity index (χ0) is 19.3. The Morgan fingerprint density at radius 2 is 2.04 bits per heavy atom. The van der Waals surface area contributed by atoms with Crippen LogP contribution in [-0.2, 0) is 15.0 Å². The molecule has 1 fully saturated rings. The molecular weight excluding hydrogens is 426 g/mol. The van der Waals surface area contributed by atoms with E-state index in [1.54, 1.807) is 6.07 Å². The molecule has 3 nitrogen and oxygen atoms in total. The number of Topliss-reactive ketones (excluding diaryl/α,β-unsaturated/α-hetero) is 1. The molecule has 2 aromatic rings. The van der Waals surface area contributed by atoms with Crippen LogP contribution in [-0.4, -0.2) is 11.7 Å². The topological polar surface area (TPSA) is 46.2 Å². The minimum absolute atomic E-state index is 0.0562. The number of nitrogens with one attached hydrogen (secondary N) is 1. The number of benzene rings is 2. The zero-order valence-electron chi connectivity index (χ0n) is 14.9. The summed E-state index contributed by atoms with van der Waals surface area (Å²) in [5.74, 6) is -0.502. The van der Waals surface area contributed by atoms with Crippen molar-refractivity contribution in [1.82, 2.24) is 0 Å². The van der Waals surface area contributed by atoms with E-state index in [0.29, 0.717) is 17.9 Å². The van der Waals surface area contributed by atoms with Crippen molar-refractivity contribution in [2.75, 3.05) is 5.32 Å². The lowest BCUT2D eigenvalue weighted by Crippen LogP contribution is -2.48. The van der Waals surface area contributed by atoms with Crippen LogP contribution in [0.3, 0.4) is 0 Å². The smallest absolute Gasteiger partial charge is 0.235 e. The fourth-order valence-electron chi connectivity index (χ4n) is 4.58. The Kier molecular flexibility index (Phi) is 4.52. The molecule has 3 atom stereocenters. The average molecular weight is 445 g/mol. The summed E-state index contributed by atoms with van der Waals surface area (Å²) in [4.78, 5) is 26.2. The quantitative estimate of drug-likeness (QED) is 0.610. The lowest BCUT2D eigenvalue weighted by atomic mass is 9.57. The number of carbonyl (C=O) groups excluding carboxylic acids is 2. The molecular formula is C22H19BrClNO2. The van der Waals surface area contributed by atoms with Gasteiger partial charge in [-0.2, -0.15) is 0 Å². The normalized spacial score (nSPS) is 26.8. The minimum atomic E-state index is -0.807. The van der Waals surface area contributed by atoms with Gasteiger partial charge in [0.05, 0.1) is 5.41 Å². The summed E-state index contributed by atoms with van der Waals surface area (Å²) >= 11 is 9.70. The summed E-state index contributed by atoms with van der Waals surface area (Å²) < 4.78 is 0.904. The standard InChI is InChI=1S/C22H19BrClNO2/c1-12(2)16-11-22(17-7-6-14(23)9-19(17)25-21(22)27)18(10-20(16)26)13-4-3-5-15(24)8-13/h3-9,16,18H,1,10-11H2,2H3,(H,25,27)/t16?,18-,22+/m0/s1. The van der Waals surface area contributed by atoms with Crippen LogP contribution in [0.4, 0.5) is 5.69 Å². The molecule has 0 aromatic heterocycles. The van der Waals surface area contributed by atoms with E-state index in [1.165, 1.54) is 0 Å². The second-order valence-corrected chi connectivity index (χ2v) is 8.85. The first-order chi connectivity index (χ1) is 12.8.